The number of ether oxygens (including phenoxy) is 3. The number of dihydropyridines is 1. The smallest absolute Gasteiger partial charge is 0.336 e. The Bertz CT molecular complexity index is 1940. The summed E-state index contributed by atoms with van der Waals surface area (Å²) < 4.78 is 16.3. The zero-order valence-electron chi connectivity index (χ0n) is 27.1. The van der Waals surface area contributed by atoms with Crippen molar-refractivity contribution in [3.05, 3.63) is 123 Å². The molecule has 2 heterocycles. The van der Waals surface area contributed by atoms with Gasteiger partial charge in [-0.15, -0.1) is 11.3 Å². The van der Waals surface area contributed by atoms with Crippen molar-refractivity contribution in [2.45, 2.75) is 12.8 Å². The number of hydrogen-bond donors (Lipinski definition) is 4. The van der Waals surface area contributed by atoms with E-state index in [1.165, 1.54) is 37.7 Å². The highest BCUT2D eigenvalue weighted by Gasteiger charge is 2.40. The van der Waals surface area contributed by atoms with Gasteiger partial charge in [0, 0.05) is 28.7 Å². The predicted molar refractivity (Wildman–Crippen MR) is 184 cm³/mol. The van der Waals surface area contributed by atoms with Crippen LogP contribution in [0.5, 0.6) is 0 Å². The molecule has 0 aliphatic carbocycles. The summed E-state index contributed by atoms with van der Waals surface area (Å²) in [5, 5.41) is 8.56. The van der Waals surface area contributed by atoms with Crippen molar-refractivity contribution in [1.82, 2.24) is 21.0 Å². The van der Waals surface area contributed by atoms with Gasteiger partial charge >= 0.3 is 11.9 Å². The molecule has 0 saturated carbocycles. The van der Waals surface area contributed by atoms with E-state index in [1.807, 2.05) is 65.4 Å². The number of carbonyl (C=O) groups is 4. The summed E-state index contributed by atoms with van der Waals surface area (Å²) >= 11 is 1.45. The molecule has 49 heavy (non-hydrogen) atoms. The van der Waals surface area contributed by atoms with Gasteiger partial charge in [-0.3, -0.25) is 15.0 Å². The molecular formula is C36H35N5O7S. The van der Waals surface area contributed by atoms with Gasteiger partial charge in [0.25, 0.3) is 11.8 Å². The van der Waals surface area contributed by atoms with Crippen LogP contribution in [0.2, 0.25) is 0 Å². The van der Waals surface area contributed by atoms with Crippen molar-refractivity contribution in [3.8, 4) is 21.8 Å². The van der Waals surface area contributed by atoms with Gasteiger partial charge in [0.1, 0.15) is 5.01 Å². The highest BCUT2D eigenvalue weighted by atomic mass is 32.1. The van der Waals surface area contributed by atoms with Gasteiger partial charge < -0.3 is 24.8 Å². The van der Waals surface area contributed by atoms with E-state index in [1.54, 1.807) is 19.1 Å². The lowest BCUT2D eigenvalue weighted by Crippen LogP contribution is -2.35. The van der Waals surface area contributed by atoms with Crippen LogP contribution in [0.1, 0.15) is 39.1 Å². The molecule has 13 heteroatoms. The Morgan fingerprint density at radius 1 is 0.857 bits per heavy atom. The third kappa shape index (κ3) is 7.59. The number of nitrogens with one attached hydrogen (secondary N) is 3. The van der Waals surface area contributed by atoms with Crippen LogP contribution in [0.15, 0.2) is 107 Å². The molecular weight excluding hydrogens is 646 g/mol. The number of nitrogen functional groups attached to an aromatic ring is 1. The molecule has 1 atom stereocenters. The fourth-order valence-corrected chi connectivity index (χ4v) is 6.47. The SMILES string of the molecule is COC(=O)C1=C(C)NC(COCCNC(=O)c2ccccc2C(=O)NN)=C(C(=O)OC)C1c1ccccc1-c1nc(-c2ccccc2)cs1. The van der Waals surface area contributed by atoms with E-state index in [9.17, 15) is 19.2 Å². The number of allylic oxidation sites excluding steroid dienone is 1. The van der Waals surface area contributed by atoms with Crippen molar-refractivity contribution in [2.75, 3.05) is 34.0 Å². The van der Waals surface area contributed by atoms with Gasteiger partial charge in [-0.05, 0) is 24.6 Å². The third-order valence-corrected chi connectivity index (χ3v) is 8.73. The van der Waals surface area contributed by atoms with E-state index in [0.717, 1.165) is 16.8 Å². The molecule has 1 aromatic heterocycles. The molecule has 4 aromatic rings. The van der Waals surface area contributed by atoms with Gasteiger partial charge in [0.05, 0.1) is 67.0 Å². The molecule has 5 N–H and O–H groups in total. The Morgan fingerprint density at radius 3 is 2.18 bits per heavy atom. The molecule has 0 radical (unpaired) electrons. The minimum Gasteiger partial charge on any atom is -0.466 e. The summed E-state index contributed by atoms with van der Waals surface area (Å²) in [5.74, 6) is 2.02. The van der Waals surface area contributed by atoms with E-state index >= 15 is 0 Å². The lowest BCUT2D eigenvalue weighted by molar-refractivity contribution is -0.137. The molecule has 0 spiro atoms. The van der Waals surface area contributed by atoms with Crippen molar-refractivity contribution in [1.29, 1.82) is 0 Å². The second-order valence-electron chi connectivity index (χ2n) is 10.8. The average Bonchev–Trinajstić information content (AvgIpc) is 3.64. The zero-order valence-corrected chi connectivity index (χ0v) is 27.9. The van der Waals surface area contributed by atoms with E-state index in [4.69, 9.17) is 25.0 Å². The fraction of sp³-hybridized carbons (Fsp3) is 0.194. The number of esters is 2. The number of methoxy groups -OCH3 is 2. The van der Waals surface area contributed by atoms with Gasteiger partial charge in [-0.25, -0.2) is 20.4 Å². The van der Waals surface area contributed by atoms with Crippen molar-refractivity contribution in [3.63, 3.8) is 0 Å². The number of nitrogens with zero attached hydrogens (tertiary/aromatic N) is 1. The highest BCUT2D eigenvalue weighted by molar-refractivity contribution is 7.13. The first-order valence-corrected chi connectivity index (χ1v) is 16.1. The van der Waals surface area contributed by atoms with E-state index in [-0.39, 0.29) is 42.0 Å². The quantitative estimate of drug-likeness (QED) is 0.0562. The summed E-state index contributed by atoms with van der Waals surface area (Å²) in [7, 11) is 2.55. The molecule has 1 unspecified atom stereocenters. The highest BCUT2D eigenvalue weighted by Crippen LogP contribution is 2.44. The molecule has 252 valence electrons. The van der Waals surface area contributed by atoms with Gasteiger partial charge in [0.2, 0.25) is 0 Å². The molecule has 0 fully saturated rings. The number of benzene rings is 3. The summed E-state index contributed by atoms with van der Waals surface area (Å²) in [6, 6.07) is 23.5. The normalized spacial score (nSPS) is 14.2. The van der Waals surface area contributed by atoms with Crippen molar-refractivity contribution in [2.24, 2.45) is 5.84 Å². The van der Waals surface area contributed by atoms with Gasteiger partial charge in [-0.2, -0.15) is 0 Å². The summed E-state index contributed by atoms with van der Waals surface area (Å²) in [5.41, 5.74) is 6.76. The van der Waals surface area contributed by atoms with Crippen LogP contribution in [0, 0.1) is 0 Å². The van der Waals surface area contributed by atoms with Gasteiger partial charge in [-0.1, -0.05) is 66.7 Å². The second kappa shape index (κ2) is 16.0. The number of rotatable bonds is 12. The Labute approximate surface area is 286 Å². The summed E-state index contributed by atoms with van der Waals surface area (Å²) in [6.45, 7) is 1.81. The molecule has 3 aromatic carbocycles. The van der Waals surface area contributed by atoms with Crippen LogP contribution < -0.4 is 21.9 Å². The lowest BCUT2D eigenvalue weighted by Gasteiger charge is -2.32. The topological polar surface area (TPSA) is 171 Å². The monoisotopic (exact) mass is 681 g/mol. The van der Waals surface area contributed by atoms with Crippen LogP contribution in [0.4, 0.5) is 0 Å². The first kappa shape index (κ1) is 34.7. The average molecular weight is 682 g/mol. The number of aromatic nitrogens is 1. The number of nitrogens with two attached hydrogens (primary N) is 1. The summed E-state index contributed by atoms with van der Waals surface area (Å²) in [4.78, 5) is 56.6. The first-order chi connectivity index (χ1) is 23.8. The van der Waals surface area contributed by atoms with Crippen molar-refractivity contribution < 1.29 is 33.4 Å². The van der Waals surface area contributed by atoms with E-state index in [0.29, 0.717) is 22.0 Å². The summed E-state index contributed by atoms with van der Waals surface area (Å²) in [6.07, 6.45) is 0. The van der Waals surface area contributed by atoms with E-state index in [2.05, 4.69) is 10.6 Å². The standard InChI is InChI=1S/C36H35N5O7S/c1-21-29(35(44)46-2)30(23-13-7-10-16-26(23)34-40-28(20-49-34)22-11-5-4-6-12-22)31(36(45)47-3)27(39-21)19-48-18-17-38-32(42)24-14-8-9-15-25(24)33(43)41-37/h4-16,20,30,39H,17-19,37H2,1-3H3,(H,38,42)(H,41,43). The Balaban J connectivity index is 1.43. The van der Waals surface area contributed by atoms with Crippen molar-refractivity contribution >= 4 is 35.1 Å². The van der Waals surface area contributed by atoms with Crippen LogP contribution in [-0.4, -0.2) is 62.7 Å². The Morgan fingerprint density at radius 2 is 1.49 bits per heavy atom. The maximum absolute atomic E-state index is 13.5. The number of amides is 2. The fourth-order valence-electron chi connectivity index (χ4n) is 5.60. The molecule has 1 aliphatic rings. The second-order valence-corrected chi connectivity index (χ2v) is 11.6. The number of hydrogen-bond acceptors (Lipinski definition) is 11. The molecule has 12 nitrogen and oxygen atoms in total. The lowest BCUT2D eigenvalue weighted by atomic mass is 9.78. The minimum absolute atomic E-state index is 0.0614. The van der Waals surface area contributed by atoms with Crippen LogP contribution >= 0.6 is 11.3 Å². The number of thiazole rings is 1. The predicted octanol–water partition coefficient (Wildman–Crippen LogP) is 4.09. The number of carbonyl (C=O) groups excluding carboxylic acids is 4. The maximum Gasteiger partial charge on any atom is 0.336 e. The molecule has 5 rings (SSSR count). The first-order valence-electron chi connectivity index (χ1n) is 15.2. The Kier molecular flexibility index (Phi) is 11.3. The third-order valence-electron chi connectivity index (χ3n) is 7.86. The molecule has 0 saturated heterocycles. The minimum atomic E-state index is -0.884. The van der Waals surface area contributed by atoms with Crippen LogP contribution in [-0.2, 0) is 23.8 Å². The van der Waals surface area contributed by atoms with Gasteiger partial charge in [0.15, 0.2) is 0 Å². The molecule has 2 amide bonds. The van der Waals surface area contributed by atoms with Crippen LogP contribution in [0.3, 0.4) is 0 Å². The maximum atomic E-state index is 13.5. The zero-order chi connectivity index (χ0) is 34.9. The Hall–Kier alpha value is -5.63. The molecule has 1 aliphatic heterocycles. The largest absolute Gasteiger partial charge is 0.466 e. The van der Waals surface area contributed by atoms with E-state index < -0.39 is 29.7 Å². The van der Waals surface area contributed by atoms with Crippen LogP contribution in [0.25, 0.3) is 21.8 Å². The molecule has 0 bridgehead atoms. The number of hydrazine groups is 1.